The highest BCUT2D eigenvalue weighted by molar-refractivity contribution is 6.08. The van der Waals surface area contributed by atoms with E-state index in [0.717, 1.165) is 11.6 Å². The summed E-state index contributed by atoms with van der Waals surface area (Å²) in [5.41, 5.74) is 1.46. The molecule has 2 amide bonds. The van der Waals surface area contributed by atoms with Crippen LogP contribution in [0.1, 0.15) is 15.9 Å². The van der Waals surface area contributed by atoms with Crippen molar-refractivity contribution in [2.45, 2.75) is 6.54 Å². The lowest BCUT2D eigenvalue weighted by Crippen LogP contribution is -2.34. The number of carbonyl (C=O) groups is 2. The zero-order chi connectivity index (χ0) is 14.8. The highest BCUT2D eigenvalue weighted by Gasteiger charge is 2.26. The van der Waals surface area contributed by atoms with Crippen LogP contribution >= 0.6 is 0 Å². The van der Waals surface area contributed by atoms with Crippen LogP contribution in [0.5, 0.6) is 0 Å². The fourth-order valence-electron chi connectivity index (χ4n) is 2.34. The van der Waals surface area contributed by atoms with Gasteiger partial charge in [-0.2, -0.15) is 0 Å². The summed E-state index contributed by atoms with van der Waals surface area (Å²) in [5, 5.41) is 2.57. The second-order valence-corrected chi connectivity index (χ2v) is 4.88. The third-order valence-electron chi connectivity index (χ3n) is 3.32. The van der Waals surface area contributed by atoms with Gasteiger partial charge in [-0.3, -0.25) is 9.59 Å². The van der Waals surface area contributed by atoms with E-state index in [1.807, 2.05) is 30.3 Å². The smallest absolute Gasteiger partial charge is 0.256 e. The molecule has 106 valence electrons. The minimum absolute atomic E-state index is 0.0516. The first-order valence-electron chi connectivity index (χ1n) is 6.56. The number of fused-ring (bicyclic) bond motifs is 1. The molecular weight excluding hydrogens is 271 g/mol. The highest BCUT2D eigenvalue weighted by Crippen LogP contribution is 2.23. The van der Waals surface area contributed by atoms with Gasteiger partial charge in [0, 0.05) is 6.54 Å². The van der Waals surface area contributed by atoms with Gasteiger partial charge in [0.1, 0.15) is 12.4 Å². The maximum atomic E-state index is 13.2. The number of amides is 2. The minimum Gasteiger partial charge on any atom is -0.325 e. The molecule has 1 N–H and O–H groups in total. The molecule has 0 saturated carbocycles. The standard InChI is InChI=1S/C16H13FN2O2/c17-12-6-7-13-14(8-12)18-15(20)10-19(16(13)21)9-11-4-2-1-3-5-11/h1-8H,9-10H2,(H,18,20). The summed E-state index contributed by atoms with van der Waals surface area (Å²) in [7, 11) is 0. The van der Waals surface area contributed by atoms with Gasteiger partial charge in [-0.05, 0) is 23.8 Å². The van der Waals surface area contributed by atoms with E-state index in [-0.39, 0.29) is 24.0 Å². The first-order chi connectivity index (χ1) is 10.1. The summed E-state index contributed by atoms with van der Waals surface area (Å²) >= 11 is 0. The zero-order valence-electron chi connectivity index (χ0n) is 11.2. The van der Waals surface area contributed by atoms with E-state index in [1.165, 1.54) is 17.0 Å². The molecule has 4 nitrogen and oxygen atoms in total. The Kier molecular flexibility index (Phi) is 3.39. The highest BCUT2D eigenvalue weighted by atomic mass is 19.1. The summed E-state index contributed by atoms with van der Waals surface area (Å²) in [5.74, 6) is -1.10. The molecule has 0 spiro atoms. The average Bonchev–Trinajstić information content (AvgIpc) is 2.57. The molecule has 0 aliphatic carbocycles. The Balaban J connectivity index is 1.94. The van der Waals surface area contributed by atoms with Crippen LogP contribution in [0, 0.1) is 5.82 Å². The number of anilines is 1. The van der Waals surface area contributed by atoms with Crippen molar-refractivity contribution in [3.63, 3.8) is 0 Å². The van der Waals surface area contributed by atoms with Gasteiger partial charge in [-0.15, -0.1) is 0 Å². The molecule has 1 aliphatic rings. The van der Waals surface area contributed by atoms with Gasteiger partial charge in [0.2, 0.25) is 5.91 Å². The molecular formula is C16H13FN2O2. The lowest BCUT2D eigenvalue weighted by Gasteiger charge is -2.19. The Morgan fingerprint density at radius 1 is 1.10 bits per heavy atom. The van der Waals surface area contributed by atoms with Crippen LogP contribution in [0.15, 0.2) is 48.5 Å². The van der Waals surface area contributed by atoms with Gasteiger partial charge >= 0.3 is 0 Å². The topological polar surface area (TPSA) is 49.4 Å². The molecule has 3 rings (SSSR count). The van der Waals surface area contributed by atoms with Crippen molar-refractivity contribution in [2.24, 2.45) is 0 Å². The normalized spacial score (nSPS) is 14.4. The molecule has 0 atom stereocenters. The molecule has 0 unspecified atom stereocenters. The molecule has 1 heterocycles. The Hall–Kier alpha value is -2.69. The predicted octanol–water partition coefficient (Wildman–Crippen LogP) is 2.42. The van der Waals surface area contributed by atoms with Crippen molar-refractivity contribution in [3.05, 3.63) is 65.5 Å². The minimum atomic E-state index is -0.488. The van der Waals surface area contributed by atoms with E-state index in [0.29, 0.717) is 12.1 Å². The molecule has 0 saturated heterocycles. The lowest BCUT2D eigenvalue weighted by atomic mass is 10.1. The summed E-state index contributed by atoms with van der Waals surface area (Å²) in [4.78, 5) is 25.8. The van der Waals surface area contributed by atoms with Crippen LogP contribution < -0.4 is 5.32 Å². The van der Waals surface area contributed by atoms with Crippen LogP contribution in [0.2, 0.25) is 0 Å². The van der Waals surface area contributed by atoms with E-state index < -0.39 is 5.82 Å². The van der Waals surface area contributed by atoms with E-state index in [4.69, 9.17) is 0 Å². The number of benzene rings is 2. The fourth-order valence-corrected chi connectivity index (χ4v) is 2.34. The molecule has 0 fully saturated rings. The molecule has 21 heavy (non-hydrogen) atoms. The molecule has 2 aromatic rings. The average molecular weight is 284 g/mol. The Morgan fingerprint density at radius 2 is 1.86 bits per heavy atom. The third-order valence-corrected chi connectivity index (χ3v) is 3.32. The van der Waals surface area contributed by atoms with E-state index in [1.54, 1.807) is 0 Å². The molecule has 1 aliphatic heterocycles. The van der Waals surface area contributed by atoms with E-state index in [2.05, 4.69) is 5.32 Å². The van der Waals surface area contributed by atoms with Crippen LogP contribution in [0.3, 0.4) is 0 Å². The van der Waals surface area contributed by atoms with Gasteiger partial charge in [0.05, 0.1) is 11.3 Å². The number of carbonyl (C=O) groups excluding carboxylic acids is 2. The SMILES string of the molecule is O=C1CN(Cc2ccccc2)C(=O)c2ccc(F)cc2N1. The maximum Gasteiger partial charge on any atom is 0.256 e. The van der Waals surface area contributed by atoms with Gasteiger partial charge in [0.25, 0.3) is 5.91 Å². The number of hydrogen-bond donors (Lipinski definition) is 1. The Bertz CT molecular complexity index is 701. The second-order valence-electron chi connectivity index (χ2n) is 4.88. The first kappa shape index (κ1) is 13.3. The predicted molar refractivity (Wildman–Crippen MR) is 76.2 cm³/mol. The zero-order valence-corrected chi connectivity index (χ0v) is 11.2. The van der Waals surface area contributed by atoms with Crippen molar-refractivity contribution in [2.75, 3.05) is 11.9 Å². The molecule has 2 aromatic carbocycles. The first-order valence-corrected chi connectivity index (χ1v) is 6.56. The lowest BCUT2D eigenvalue weighted by molar-refractivity contribution is -0.116. The molecule has 5 heteroatoms. The van der Waals surface area contributed by atoms with Crippen LogP contribution in [0.25, 0.3) is 0 Å². The number of halogens is 1. The van der Waals surface area contributed by atoms with Gasteiger partial charge in [0.15, 0.2) is 0 Å². The van der Waals surface area contributed by atoms with Gasteiger partial charge < -0.3 is 10.2 Å². The summed E-state index contributed by atoms with van der Waals surface area (Å²) in [6.07, 6.45) is 0. The van der Waals surface area contributed by atoms with Crippen molar-refractivity contribution >= 4 is 17.5 Å². The van der Waals surface area contributed by atoms with Crippen molar-refractivity contribution < 1.29 is 14.0 Å². The fraction of sp³-hybridized carbons (Fsp3) is 0.125. The van der Waals surface area contributed by atoms with E-state index >= 15 is 0 Å². The maximum absolute atomic E-state index is 13.2. The van der Waals surface area contributed by atoms with Crippen molar-refractivity contribution in [1.82, 2.24) is 4.90 Å². The number of rotatable bonds is 2. The van der Waals surface area contributed by atoms with Crippen LogP contribution in [0.4, 0.5) is 10.1 Å². The molecule has 0 bridgehead atoms. The Labute approximate surface area is 121 Å². The summed E-state index contributed by atoms with van der Waals surface area (Å²) in [6, 6.07) is 13.2. The van der Waals surface area contributed by atoms with Crippen LogP contribution in [-0.4, -0.2) is 23.3 Å². The van der Waals surface area contributed by atoms with Crippen molar-refractivity contribution in [3.8, 4) is 0 Å². The quantitative estimate of drug-likeness (QED) is 0.920. The van der Waals surface area contributed by atoms with Gasteiger partial charge in [-0.1, -0.05) is 30.3 Å². The Morgan fingerprint density at radius 3 is 2.62 bits per heavy atom. The summed E-state index contributed by atoms with van der Waals surface area (Å²) < 4.78 is 13.2. The molecule has 0 aromatic heterocycles. The number of nitrogens with zero attached hydrogens (tertiary/aromatic N) is 1. The van der Waals surface area contributed by atoms with E-state index in [9.17, 15) is 14.0 Å². The monoisotopic (exact) mass is 284 g/mol. The molecule has 0 radical (unpaired) electrons. The van der Waals surface area contributed by atoms with Gasteiger partial charge in [-0.25, -0.2) is 4.39 Å². The summed E-state index contributed by atoms with van der Waals surface area (Å²) in [6.45, 7) is 0.286. The van der Waals surface area contributed by atoms with Crippen LogP contribution in [-0.2, 0) is 11.3 Å². The number of hydrogen-bond acceptors (Lipinski definition) is 2. The third kappa shape index (κ3) is 2.76. The van der Waals surface area contributed by atoms with Crippen molar-refractivity contribution in [1.29, 1.82) is 0 Å². The number of nitrogens with one attached hydrogen (secondary N) is 1. The second kappa shape index (κ2) is 5.36. The largest absolute Gasteiger partial charge is 0.325 e.